The van der Waals surface area contributed by atoms with Crippen molar-refractivity contribution in [3.63, 3.8) is 0 Å². The van der Waals surface area contributed by atoms with Gasteiger partial charge in [0.25, 0.3) is 0 Å². The van der Waals surface area contributed by atoms with Gasteiger partial charge in [-0.05, 0) is 23.7 Å². The average Bonchev–Trinajstić information content (AvgIpc) is 1.93. The Hall–Kier alpha value is -0.170. The molecule has 1 rings (SSSR count). The molecule has 0 aliphatic heterocycles. The summed E-state index contributed by atoms with van der Waals surface area (Å²) >= 11 is 4.26. The van der Waals surface area contributed by atoms with E-state index in [0.717, 1.165) is 4.91 Å². The van der Waals surface area contributed by atoms with Gasteiger partial charge in [0, 0.05) is 0 Å². The highest BCUT2D eigenvalue weighted by Gasteiger charge is 1.99. The van der Waals surface area contributed by atoms with Crippen LogP contribution in [0.25, 0.3) is 0 Å². The zero-order chi connectivity index (χ0) is 6.69. The number of rotatable bonds is 0. The predicted octanol–water partition coefficient (Wildman–Crippen LogP) is 2.79. The van der Waals surface area contributed by atoms with Gasteiger partial charge in [0.2, 0.25) is 0 Å². The Morgan fingerprint density at radius 3 is 3.22 bits per heavy atom. The van der Waals surface area contributed by atoms with Gasteiger partial charge in [-0.1, -0.05) is 25.2 Å². The first kappa shape index (κ1) is 6.94. The molecule has 0 saturated carbocycles. The molecule has 0 fully saturated rings. The number of hydrogen-bond acceptors (Lipinski definition) is 1. The third kappa shape index (κ3) is 2.27. The van der Waals surface area contributed by atoms with Crippen molar-refractivity contribution < 1.29 is 0 Å². The molecule has 0 aromatic carbocycles. The van der Waals surface area contributed by atoms with Crippen molar-refractivity contribution in [2.24, 2.45) is 5.92 Å². The molecule has 1 atom stereocenters. The van der Waals surface area contributed by atoms with Crippen LogP contribution in [0.3, 0.4) is 0 Å². The molecule has 50 valence electrons. The lowest BCUT2D eigenvalue weighted by atomic mass is 10.1. The summed E-state index contributed by atoms with van der Waals surface area (Å²) in [6.07, 6.45) is 8.92. The maximum absolute atomic E-state index is 4.26. The molecular formula is C8H12S. The maximum Gasteiger partial charge on any atom is -0.0000478 e. The third-order valence-electron chi connectivity index (χ3n) is 1.53. The van der Waals surface area contributed by atoms with Gasteiger partial charge in [-0.2, -0.15) is 0 Å². The fourth-order valence-electron chi connectivity index (χ4n) is 0.994. The van der Waals surface area contributed by atoms with Crippen molar-refractivity contribution in [1.82, 2.24) is 0 Å². The van der Waals surface area contributed by atoms with E-state index in [2.05, 4.69) is 37.8 Å². The number of thiol groups is 1. The molecule has 0 aromatic heterocycles. The van der Waals surface area contributed by atoms with Crippen LogP contribution in [0.1, 0.15) is 19.8 Å². The molecular weight excluding hydrogens is 128 g/mol. The summed E-state index contributed by atoms with van der Waals surface area (Å²) in [5.74, 6) is 0.701. The maximum atomic E-state index is 4.26. The van der Waals surface area contributed by atoms with Crippen LogP contribution in [0.15, 0.2) is 23.1 Å². The molecule has 1 heteroatoms. The normalized spacial score (nSPS) is 27.3. The van der Waals surface area contributed by atoms with Crippen molar-refractivity contribution in [2.75, 3.05) is 0 Å². The van der Waals surface area contributed by atoms with Gasteiger partial charge >= 0.3 is 0 Å². The van der Waals surface area contributed by atoms with Crippen LogP contribution in [0.4, 0.5) is 0 Å². The van der Waals surface area contributed by atoms with E-state index in [-0.39, 0.29) is 0 Å². The molecule has 1 unspecified atom stereocenters. The van der Waals surface area contributed by atoms with E-state index in [1.165, 1.54) is 12.8 Å². The Kier molecular flexibility index (Phi) is 2.40. The van der Waals surface area contributed by atoms with E-state index in [4.69, 9.17) is 0 Å². The molecule has 0 nitrogen and oxygen atoms in total. The summed E-state index contributed by atoms with van der Waals surface area (Å²) in [7, 11) is 0. The van der Waals surface area contributed by atoms with Crippen molar-refractivity contribution in [3.8, 4) is 0 Å². The van der Waals surface area contributed by atoms with Crippen molar-refractivity contribution in [2.45, 2.75) is 19.8 Å². The molecule has 0 spiro atoms. The van der Waals surface area contributed by atoms with E-state index < -0.39 is 0 Å². The Labute approximate surface area is 62.1 Å². The zero-order valence-electron chi connectivity index (χ0n) is 5.67. The lowest BCUT2D eigenvalue weighted by Crippen LogP contribution is -1.85. The zero-order valence-corrected chi connectivity index (χ0v) is 6.57. The second-order valence-electron chi connectivity index (χ2n) is 2.55. The Morgan fingerprint density at radius 2 is 2.44 bits per heavy atom. The minimum absolute atomic E-state index is 0.701. The summed E-state index contributed by atoms with van der Waals surface area (Å²) in [6, 6.07) is 0. The predicted molar refractivity (Wildman–Crippen MR) is 44.6 cm³/mol. The lowest BCUT2D eigenvalue weighted by Gasteiger charge is -1.99. The largest absolute Gasteiger partial charge is 0.144 e. The minimum Gasteiger partial charge on any atom is -0.144 e. The molecule has 1 aliphatic carbocycles. The van der Waals surface area contributed by atoms with Crippen LogP contribution in [-0.2, 0) is 0 Å². The highest BCUT2D eigenvalue weighted by atomic mass is 32.1. The second kappa shape index (κ2) is 3.11. The first-order valence-electron chi connectivity index (χ1n) is 3.36. The minimum atomic E-state index is 0.701. The third-order valence-corrected chi connectivity index (χ3v) is 1.83. The summed E-state index contributed by atoms with van der Waals surface area (Å²) in [5, 5.41) is 0. The van der Waals surface area contributed by atoms with Crippen LogP contribution < -0.4 is 0 Å². The number of allylic oxidation sites excluding steroid dienone is 3. The van der Waals surface area contributed by atoms with E-state index in [9.17, 15) is 0 Å². The molecule has 0 bridgehead atoms. The van der Waals surface area contributed by atoms with Crippen LogP contribution in [0, 0.1) is 5.92 Å². The molecule has 0 N–H and O–H groups in total. The van der Waals surface area contributed by atoms with Gasteiger partial charge in [0.15, 0.2) is 0 Å². The highest BCUT2D eigenvalue weighted by Crippen LogP contribution is 2.17. The van der Waals surface area contributed by atoms with Crippen LogP contribution in [0.2, 0.25) is 0 Å². The van der Waals surface area contributed by atoms with E-state index in [0.29, 0.717) is 5.92 Å². The molecule has 9 heavy (non-hydrogen) atoms. The highest BCUT2D eigenvalue weighted by molar-refractivity contribution is 7.84. The first-order valence-corrected chi connectivity index (χ1v) is 3.81. The molecule has 0 amide bonds. The Morgan fingerprint density at radius 1 is 1.67 bits per heavy atom. The van der Waals surface area contributed by atoms with Gasteiger partial charge in [0.1, 0.15) is 0 Å². The topological polar surface area (TPSA) is 0 Å². The Balaban J connectivity index is 2.62. The average molecular weight is 140 g/mol. The van der Waals surface area contributed by atoms with Crippen molar-refractivity contribution in [3.05, 3.63) is 23.1 Å². The summed E-state index contributed by atoms with van der Waals surface area (Å²) < 4.78 is 0. The smallest absolute Gasteiger partial charge is 0.0000478 e. The summed E-state index contributed by atoms with van der Waals surface area (Å²) in [6.45, 7) is 2.23. The fraction of sp³-hybridized carbons (Fsp3) is 0.500. The van der Waals surface area contributed by atoms with Crippen LogP contribution in [0.5, 0.6) is 0 Å². The SMILES string of the molecule is CC1C=C(S)C=CCC1. The van der Waals surface area contributed by atoms with Crippen LogP contribution >= 0.6 is 12.6 Å². The van der Waals surface area contributed by atoms with Gasteiger partial charge < -0.3 is 0 Å². The van der Waals surface area contributed by atoms with Gasteiger partial charge in [-0.3, -0.25) is 0 Å². The molecule has 0 radical (unpaired) electrons. The van der Waals surface area contributed by atoms with E-state index in [1.807, 2.05) is 0 Å². The van der Waals surface area contributed by atoms with Crippen molar-refractivity contribution in [1.29, 1.82) is 0 Å². The molecule has 0 heterocycles. The summed E-state index contributed by atoms with van der Waals surface area (Å²) in [4.78, 5) is 1.11. The molecule has 0 aromatic rings. The van der Waals surface area contributed by atoms with E-state index >= 15 is 0 Å². The van der Waals surface area contributed by atoms with Crippen LogP contribution in [-0.4, -0.2) is 0 Å². The standard InChI is InChI=1S/C8H12S/c1-7-4-2-3-5-8(9)6-7/h3,5-7,9H,2,4H2,1H3. The first-order chi connectivity index (χ1) is 4.29. The monoisotopic (exact) mass is 140 g/mol. The molecule has 0 saturated heterocycles. The van der Waals surface area contributed by atoms with Crippen molar-refractivity contribution >= 4 is 12.6 Å². The van der Waals surface area contributed by atoms with Gasteiger partial charge in [-0.25, -0.2) is 0 Å². The second-order valence-corrected chi connectivity index (χ2v) is 3.06. The van der Waals surface area contributed by atoms with Gasteiger partial charge in [-0.15, -0.1) is 12.6 Å². The quantitative estimate of drug-likeness (QED) is 0.491. The Bertz CT molecular complexity index is 145. The lowest BCUT2D eigenvalue weighted by molar-refractivity contribution is 0.662. The van der Waals surface area contributed by atoms with E-state index in [1.54, 1.807) is 0 Å². The summed E-state index contributed by atoms with van der Waals surface area (Å²) in [5.41, 5.74) is 0. The fourth-order valence-corrected chi connectivity index (χ4v) is 1.35. The van der Waals surface area contributed by atoms with Gasteiger partial charge in [0.05, 0.1) is 0 Å². The molecule has 1 aliphatic rings. The number of hydrogen-bond donors (Lipinski definition) is 1.